The average Bonchev–Trinajstić information content (AvgIpc) is 2.46. The highest BCUT2D eigenvalue weighted by molar-refractivity contribution is 7.88. The first-order valence-electron chi connectivity index (χ1n) is 7.41. The van der Waals surface area contributed by atoms with Crippen LogP contribution in [-0.2, 0) is 27.1 Å². The Balaban J connectivity index is 2.33. The minimum Gasteiger partial charge on any atom is -0.381 e. The van der Waals surface area contributed by atoms with Gasteiger partial charge in [-0.2, -0.15) is 0 Å². The van der Waals surface area contributed by atoms with E-state index < -0.39 is 10.0 Å². The second-order valence-electron chi connectivity index (χ2n) is 4.95. The number of nitrogens with two attached hydrogens (primary N) is 1. The van der Waals surface area contributed by atoms with Crippen LogP contribution >= 0.6 is 0 Å². The van der Waals surface area contributed by atoms with E-state index in [-0.39, 0.29) is 5.75 Å². The van der Waals surface area contributed by atoms with Crippen molar-refractivity contribution in [2.24, 2.45) is 5.73 Å². The van der Waals surface area contributed by atoms with E-state index >= 15 is 0 Å². The van der Waals surface area contributed by atoms with Crippen LogP contribution in [0, 0.1) is 0 Å². The minimum absolute atomic E-state index is 0.0307. The van der Waals surface area contributed by atoms with Crippen LogP contribution in [-0.4, -0.2) is 28.2 Å². The van der Waals surface area contributed by atoms with Crippen LogP contribution in [0.5, 0.6) is 0 Å². The van der Waals surface area contributed by atoms with Crippen molar-refractivity contribution < 1.29 is 13.2 Å². The number of unbranched alkanes of at least 4 members (excludes halogenated alkanes) is 1. The highest BCUT2D eigenvalue weighted by atomic mass is 32.2. The molecule has 0 spiro atoms. The summed E-state index contributed by atoms with van der Waals surface area (Å²) >= 11 is 0. The maximum Gasteiger partial charge on any atom is 0.215 e. The summed E-state index contributed by atoms with van der Waals surface area (Å²) in [5, 5.41) is 0. The van der Waals surface area contributed by atoms with Gasteiger partial charge in [-0.15, -0.1) is 0 Å². The average molecular weight is 314 g/mol. The van der Waals surface area contributed by atoms with Crippen LogP contribution in [0.25, 0.3) is 0 Å². The van der Waals surface area contributed by atoms with E-state index in [0.29, 0.717) is 26.1 Å². The topological polar surface area (TPSA) is 81.4 Å². The van der Waals surface area contributed by atoms with E-state index in [0.717, 1.165) is 30.6 Å². The Morgan fingerprint density at radius 1 is 1.14 bits per heavy atom. The minimum atomic E-state index is -3.33. The smallest absolute Gasteiger partial charge is 0.215 e. The summed E-state index contributed by atoms with van der Waals surface area (Å²) in [6.07, 6.45) is 2.83. The summed E-state index contributed by atoms with van der Waals surface area (Å²) in [6, 6.07) is 7.34. The molecule has 0 radical (unpaired) electrons. The number of sulfonamides is 1. The van der Waals surface area contributed by atoms with E-state index in [2.05, 4.69) is 11.6 Å². The summed E-state index contributed by atoms with van der Waals surface area (Å²) in [5.41, 5.74) is 7.24. The first kappa shape index (κ1) is 18.1. The predicted molar refractivity (Wildman–Crippen MR) is 85.3 cm³/mol. The van der Waals surface area contributed by atoms with Gasteiger partial charge in [-0.05, 0) is 24.0 Å². The van der Waals surface area contributed by atoms with Gasteiger partial charge in [0.1, 0.15) is 0 Å². The van der Waals surface area contributed by atoms with E-state index in [9.17, 15) is 8.42 Å². The normalized spacial score (nSPS) is 11.7. The molecule has 3 N–H and O–H groups in total. The van der Waals surface area contributed by atoms with E-state index in [1.54, 1.807) is 6.07 Å². The van der Waals surface area contributed by atoms with Gasteiger partial charge in [0.2, 0.25) is 10.0 Å². The lowest BCUT2D eigenvalue weighted by atomic mass is 10.1. The zero-order valence-corrected chi connectivity index (χ0v) is 13.5. The molecule has 6 heteroatoms. The lowest BCUT2D eigenvalue weighted by Gasteiger charge is -2.10. The summed E-state index contributed by atoms with van der Waals surface area (Å²) in [4.78, 5) is 0. The zero-order valence-electron chi connectivity index (χ0n) is 12.7. The van der Waals surface area contributed by atoms with Crippen LogP contribution in [0.2, 0.25) is 0 Å². The van der Waals surface area contributed by atoms with Crippen molar-refractivity contribution in [1.29, 1.82) is 0 Å². The fourth-order valence-electron chi connectivity index (χ4n) is 1.90. The molecule has 0 aliphatic rings. The largest absolute Gasteiger partial charge is 0.381 e. The highest BCUT2D eigenvalue weighted by Gasteiger charge is 2.12. The molecule has 0 aliphatic heterocycles. The van der Waals surface area contributed by atoms with Crippen LogP contribution in [0.3, 0.4) is 0 Å². The van der Waals surface area contributed by atoms with Crippen molar-refractivity contribution >= 4 is 10.0 Å². The van der Waals surface area contributed by atoms with E-state index in [1.165, 1.54) is 0 Å². The molecule has 0 saturated carbocycles. The quantitative estimate of drug-likeness (QED) is 0.610. The number of hydrogen-bond donors (Lipinski definition) is 2. The van der Waals surface area contributed by atoms with Crippen molar-refractivity contribution in [2.75, 3.05) is 19.8 Å². The van der Waals surface area contributed by atoms with Gasteiger partial charge in [0.05, 0.1) is 5.75 Å². The second kappa shape index (κ2) is 9.89. The Labute approximate surface area is 127 Å². The Bertz CT molecular complexity index is 503. The van der Waals surface area contributed by atoms with Gasteiger partial charge < -0.3 is 10.5 Å². The molecule has 0 aliphatic carbocycles. The molecule has 0 heterocycles. The molecule has 1 rings (SSSR count). The molecule has 1 aromatic carbocycles. The van der Waals surface area contributed by atoms with Gasteiger partial charge >= 0.3 is 0 Å². The predicted octanol–water partition coefficient (Wildman–Crippen LogP) is 1.77. The first-order valence-corrected chi connectivity index (χ1v) is 9.06. The Kier molecular flexibility index (Phi) is 8.52. The third kappa shape index (κ3) is 7.57. The number of benzene rings is 1. The molecule has 0 unspecified atom stereocenters. The number of rotatable bonds is 11. The molecule has 1 aromatic rings. The third-order valence-corrected chi connectivity index (χ3v) is 4.45. The van der Waals surface area contributed by atoms with Gasteiger partial charge in [0.25, 0.3) is 0 Å². The van der Waals surface area contributed by atoms with Crippen LogP contribution < -0.4 is 10.5 Å². The van der Waals surface area contributed by atoms with Gasteiger partial charge in [0, 0.05) is 26.3 Å². The molecule has 5 nitrogen and oxygen atoms in total. The van der Waals surface area contributed by atoms with E-state index in [4.69, 9.17) is 10.5 Å². The summed E-state index contributed by atoms with van der Waals surface area (Å²) in [7, 11) is -3.33. The Morgan fingerprint density at radius 2 is 1.81 bits per heavy atom. The van der Waals surface area contributed by atoms with Gasteiger partial charge in [-0.1, -0.05) is 37.6 Å². The molecule has 0 amide bonds. The fraction of sp³-hybridized carbons (Fsp3) is 0.600. The van der Waals surface area contributed by atoms with E-state index in [1.807, 2.05) is 18.2 Å². The second-order valence-corrected chi connectivity index (χ2v) is 6.75. The van der Waals surface area contributed by atoms with Gasteiger partial charge in [-0.3, -0.25) is 0 Å². The first-order chi connectivity index (χ1) is 10.1. The Morgan fingerprint density at radius 3 is 2.48 bits per heavy atom. The molecule has 21 heavy (non-hydrogen) atoms. The maximum atomic E-state index is 12.0. The van der Waals surface area contributed by atoms with Crippen molar-refractivity contribution in [2.45, 2.75) is 38.5 Å². The zero-order chi connectivity index (χ0) is 15.6. The molecule has 0 saturated heterocycles. The lowest BCUT2D eigenvalue weighted by Crippen LogP contribution is -2.27. The SMILES string of the molecule is CCCCOCCCNS(=O)(=O)Cc1ccccc1CN. The molecule has 0 bridgehead atoms. The van der Waals surface area contributed by atoms with Crippen LogP contribution in [0.1, 0.15) is 37.3 Å². The van der Waals surface area contributed by atoms with Gasteiger partial charge in [0.15, 0.2) is 0 Å². The molecule has 0 aromatic heterocycles. The fourth-order valence-corrected chi connectivity index (χ4v) is 3.15. The van der Waals surface area contributed by atoms with Crippen molar-refractivity contribution in [3.05, 3.63) is 35.4 Å². The molecule has 0 atom stereocenters. The maximum absolute atomic E-state index is 12.0. The van der Waals surface area contributed by atoms with Gasteiger partial charge in [-0.25, -0.2) is 13.1 Å². The number of hydrogen-bond acceptors (Lipinski definition) is 4. The molecule has 120 valence electrons. The Hall–Kier alpha value is -0.950. The van der Waals surface area contributed by atoms with Crippen molar-refractivity contribution in [3.8, 4) is 0 Å². The highest BCUT2D eigenvalue weighted by Crippen LogP contribution is 2.11. The lowest BCUT2D eigenvalue weighted by molar-refractivity contribution is 0.130. The third-order valence-electron chi connectivity index (χ3n) is 3.11. The number of ether oxygens (including phenoxy) is 1. The molecular formula is C15H26N2O3S. The number of nitrogens with one attached hydrogen (secondary N) is 1. The van der Waals surface area contributed by atoms with Crippen molar-refractivity contribution in [1.82, 2.24) is 4.72 Å². The molecule has 0 fully saturated rings. The van der Waals surface area contributed by atoms with Crippen LogP contribution in [0.4, 0.5) is 0 Å². The summed E-state index contributed by atoms with van der Waals surface area (Å²) in [6.45, 7) is 4.18. The monoisotopic (exact) mass is 314 g/mol. The van der Waals surface area contributed by atoms with Crippen LogP contribution in [0.15, 0.2) is 24.3 Å². The molecular weight excluding hydrogens is 288 g/mol. The standard InChI is InChI=1S/C15H26N2O3S/c1-2-3-10-20-11-6-9-17-21(18,19)13-15-8-5-4-7-14(15)12-16/h4-5,7-8,17H,2-3,6,9-13,16H2,1H3. The summed E-state index contributed by atoms with van der Waals surface area (Å²) in [5.74, 6) is -0.0307. The van der Waals surface area contributed by atoms with Crippen molar-refractivity contribution in [3.63, 3.8) is 0 Å². The summed E-state index contributed by atoms with van der Waals surface area (Å²) < 4.78 is 32.0.